The van der Waals surface area contributed by atoms with Crippen molar-refractivity contribution >= 4 is 0 Å². The summed E-state index contributed by atoms with van der Waals surface area (Å²) in [4.78, 5) is 0. The van der Waals surface area contributed by atoms with Gasteiger partial charge in [-0.05, 0) is 26.3 Å². The quantitative estimate of drug-likeness (QED) is 0.633. The standard InChI is InChI=1S/C9H16O3/c1-7(4-5-10)8-6-11-9(2,3)12-8/h4,8,10H,5-6H2,1-3H3/b7-4-. The van der Waals surface area contributed by atoms with Gasteiger partial charge in [-0.2, -0.15) is 0 Å². The molecule has 0 amide bonds. The summed E-state index contributed by atoms with van der Waals surface area (Å²) < 4.78 is 10.9. The third-order valence-corrected chi connectivity index (χ3v) is 1.93. The summed E-state index contributed by atoms with van der Waals surface area (Å²) in [6.45, 7) is 6.35. The Balaban J connectivity index is 2.52. The molecule has 0 bridgehead atoms. The molecular formula is C9H16O3. The van der Waals surface area contributed by atoms with Gasteiger partial charge in [0, 0.05) is 0 Å². The number of aliphatic hydroxyl groups is 1. The van der Waals surface area contributed by atoms with Crippen molar-refractivity contribution in [2.75, 3.05) is 13.2 Å². The highest BCUT2D eigenvalue weighted by molar-refractivity contribution is 5.07. The first-order chi connectivity index (χ1) is 5.55. The number of ether oxygens (including phenoxy) is 2. The summed E-state index contributed by atoms with van der Waals surface area (Å²) in [6.07, 6.45) is 1.75. The minimum atomic E-state index is -0.477. The molecule has 1 unspecified atom stereocenters. The van der Waals surface area contributed by atoms with Crippen LogP contribution in [0.25, 0.3) is 0 Å². The molecule has 0 spiro atoms. The van der Waals surface area contributed by atoms with E-state index >= 15 is 0 Å². The Hall–Kier alpha value is -0.380. The first-order valence-electron chi connectivity index (χ1n) is 4.14. The maximum atomic E-state index is 8.65. The van der Waals surface area contributed by atoms with E-state index in [1.165, 1.54) is 0 Å². The predicted molar refractivity (Wildman–Crippen MR) is 45.7 cm³/mol. The number of hydrogen-bond donors (Lipinski definition) is 1. The maximum Gasteiger partial charge on any atom is 0.163 e. The fourth-order valence-electron chi connectivity index (χ4n) is 1.19. The van der Waals surface area contributed by atoms with E-state index in [1.54, 1.807) is 6.08 Å². The zero-order valence-corrected chi connectivity index (χ0v) is 7.83. The van der Waals surface area contributed by atoms with Crippen LogP contribution in [-0.2, 0) is 9.47 Å². The van der Waals surface area contributed by atoms with Gasteiger partial charge in [-0.3, -0.25) is 0 Å². The van der Waals surface area contributed by atoms with Gasteiger partial charge < -0.3 is 14.6 Å². The van der Waals surface area contributed by atoms with Crippen LogP contribution in [-0.4, -0.2) is 30.2 Å². The average molecular weight is 172 g/mol. The van der Waals surface area contributed by atoms with Crippen molar-refractivity contribution in [3.8, 4) is 0 Å². The molecule has 0 aromatic heterocycles. The molecule has 0 aliphatic carbocycles. The average Bonchev–Trinajstić information content (AvgIpc) is 2.31. The van der Waals surface area contributed by atoms with E-state index in [4.69, 9.17) is 14.6 Å². The molecule has 0 aromatic rings. The van der Waals surface area contributed by atoms with Gasteiger partial charge in [0.25, 0.3) is 0 Å². The monoisotopic (exact) mass is 172 g/mol. The molecular weight excluding hydrogens is 156 g/mol. The molecule has 3 heteroatoms. The van der Waals surface area contributed by atoms with Gasteiger partial charge in [0.2, 0.25) is 0 Å². The fourth-order valence-corrected chi connectivity index (χ4v) is 1.19. The summed E-state index contributed by atoms with van der Waals surface area (Å²) in [5.41, 5.74) is 1.03. The molecule has 1 heterocycles. The second-order valence-corrected chi connectivity index (χ2v) is 3.45. The topological polar surface area (TPSA) is 38.7 Å². The molecule has 12 heavy (non-hydrogen) atoms. The Kier molecular flexibility index (Phi) is 2.88. The predicted octanol–water partition coefficient (Wildman–Crippen LogP) is 1.08. The molecule has 1 atom stereocenters. The van der Waals surface area contributed by atoms with Crippen molar-refractivity contribution in [1.29, 1.82) is 0 Å². The van der Waals surface area contributed by atoms with E-state index in [0.29, 0.717) is 6.61 Å². The van der Waals surface area contributed by atoms with Crippen LogP contribution in [0, 0.1) is 0 Å². The lowest BCUT2D eigenvalue weighted by molar-refractivity contribution is -0.134. The number of hydrogen-bond acceptors (Lipinski definition) is 3. The Morgan fingerprint density at radius 3 is 2.75 bits per heavy atom. The van der Waals surface area contributed by atoms with E-state index in [2.05, 4.69) is 0 Å². The summed E-state index contributed by atoms with van der Waals surface area (Å²) >= 11 is 0. The second-order valence-electron chi connectivity index (χ2n) is 3.45. The molecule has 1 rings (SSSR count). The molecule has 0 radical (unpaired) electrons. The first-order valence-corrected chi connectivity index (χ1v) is 4.14. The molecule has 0 aromatic carbocycles. The van der Waals surface area contributed by atoms with Crippen LogP contribution in [0.2, 0.25) is 0 Å². The Labute approximate surface area is 73.0 Å². The van der Waals surface area contributed by atoms with Crippen LogP contribution in [0.15, 0.2) is 11.6 Å². The van der Waals surface area contributed by atoms with Crippen molar-refractivity contribution in [2.45, 2.75) is 32.7 Å². The SMILES string of the molecule is C/C(=C/CO)C1COC(C)(C)O1. The van der Waals surface area contributed by atoms with E-state index in [0.717, 1.165) is 5.57 Å². The highest BCUT2D eigenvalue weighted by Gasteiger charge is 2.33. The van der Waals surface area contributed by atoms with Crippen LogP contribution < -0.4 is 0 Å². The molecule has 1 aliphatic heterocycles. The van der Waals surface area contributed by atoms with Gasteiger partial charge in [-0.25, -0.2) is 0 Å². The highest BCUT2D eigenvalue weighted by Crippen LogP contribution is 2.25. The van der Waals surface area contributed by atoms with Crippen LogP contribution in [0.4, 0.5) is 0 Å². The molecule has 1 saturated heterocycles. The number of rotatable bonds is 2. The van der Waals surface area contributed by atoms with E-state index in [-0.39, 0.29) is 12.7 Å². The lowest BCUT2D eigenvalue weighted by Crippen LogP contribution is -2.21. The van der Waals surface area contributed by atoms with Gasteiger partial charge >= 0.3 is 0 Å². The largest absolute Gasteiger partial charge is 0.392 e. The third kappa shape index (κ3) is 2.30. The number of aliphatic hydroxyl groups excluding tert-OH is 1. The van der Waals surface area contributed by atoms with Gasteiger partial charge in [0.05, 0.1) is 13.2 Å². The van der Waals surface area contributed by atoms with Crippen molar-refractivity contribution in [3.63, 3.8) is 0 Å². The van der Waals surface area contributed by atoms with E-state index in [9.17, 15) is 0 Å². The molecule has 3 nitrogen and oxygen atoms in total. The van der Waals surface area contributed by atoms with Gasteiger partial charge in [-0.15, -0.1) is 0 Å². The molecule has 70 valence electrons. The van der Waals surface area contributed by atoms with Crippen LogP contribution in [0.3, 0.4) is 0 Å². The Morgan fingerprint density at radius 2 is 2.33 bits per heavy atom. The lowest BCUT2D eigenvalue weighted by atomic mass is 10.2. The fraction of sp³-hybridized carbons (Fsp3) is 0.778. The zero-order valence-electron chi connectivity index (χ0n) is 7.83. The van der Waals surface area contributed by atoms with E-state index < -0.39 is 5.79 Å². The Bertz CT molecular complexity index is 184. The minimum absolute atomic E-state index is 0.00662. The summed E-state index contributed by atoms with van der Waals surface area (Å²) in [6, 6.07) is 0. The normalized spacial score (nSPS) is 29.3. The summed E-state index contributed by atoms with van der Waals surface area (Å²) in [5.74, 6) is -0.477. The van der Waals surface area contributed by atoms with Gasteiger partial charge in [0.1, 0.15) is 6.10 Å². The van der Waals surface area contributed by atoms with E-state index in [1.807, 2.05) is 20.8 Å². The zero-order chi connectivity index (χ0) is 9.19. The third-order valence-electron chi connectivity index (χ3n) is 1.93. The second kappa shape index (κ2) is 3.56. The Morgan fingerprint density at radius 1 is 1.67 bits per heavy atom. The first kappa shape index (κ1) is 9.71. The van der Waals surface area contributed by atoms with Gasteiger partial charge in [-0.1, -0.05) is 6.08 Å². The van der Waals surface area contributed by atoms with Gasteiger partial charge in [0.15, 0.2) is 5.79 Å². The molecule has 1 aliphatic rings. The van der Waals surface area contributed by atoms with Crippen LogP contribution >= 0.6 is 0 Å². The lowest BCUT2D eigenvalue weighted by Gasteiger charge is -2.17. The molecule has 1 fully saturated rings. The minimum Gasteiger partial charge on any atom is -0.392 e. The maximum absolute atomic E-state index is 8.65. The van der Waals surface area contributed by atoms with Crippen molar-refractivity contribution in [2.24, 2.45) is 0 Å². The van der Waals surface area contributed by atoms with Crippen molar-refractivity contribution in [1.82, 2.24) is 0 Å². The molecule has 0 saturated carbocycles. The summed E-state index contributed by atoms with van der Waals surface area (Å²) in [7, 11) is 0. The van der Waals surface area contributed by atoms with Crippen molar-refractivity contribution < 1.29 is 14.6 Å². The molecule has 1 N–H and O–H groups in total. The highest BCUT2D eigenvalue weighted by atomic mass is 16.7. The smallest absolute Gasteiger partial charge is 0.163 e. The van der Waals surface area contributed by atoms with Crippen LogP contribution in [0.1, 0.15) is 20.8 Å². The summed E-state index contributed by atoms with van der Waals surface area (Å²) in [5, 5.41) is 8.65. The van der Waals surface area contributed by atoms with Crippen molar-refractivity contribution in [3.05, 3.63) is 11.6 Å². The van der Waals surface area contributed by atoms with Crippen LogP contribution in [0.5, 0.6) is 0 Å².